The van der Waals surface area contributed by atoms with Gasteiger partial charge in [0.1, 0.15) is 5.82 Å². The van der Waals surface area contributed by atoms with Crippen molar-refractivity contribution in [3.63, 3.8) is 0 Å². The van der Waals surface area contributed by atoms with Gasteiger partial charge in [0.25, 0.3) is 5.91 Å². The lowest BCUT2D eigenvalue weighted by Gasteiger charge is -2.25. The molecule has 1 N–H and O–H groups in total. The Morgan fingerprint density at radius 2 is 1.79 bits per heavy atom. The Morgan fingerprint density at radius 3 is 2.48 bits per heavy atom. The van der Waals surface area contributed by atoms with Crippen molar-refractivity contribution in [1.82, 2.24) is 9.97 Å². The van der Waals surface area contributed by atoms with Crippen LogP contribution in [0.1, 0.15) is 17.2 Å². The average molecular weight is 383 g/mol. The molecular weight excluding hydrogens is 366 g/mol. The van der Waals surface area contributed by atoms with Crippen LogP contribution in [0.3, 0.4) is 0 Å². The Labute approximate surface area is 167 Å². The van der Waals surface area contributed by atoms with Gasteiger partial charge in [-0.05, 0) is 35.4 Å². The minimum Gasteiger partial charge on any atom is -0.503 e. The molecule has 0 radical (unpaired) electrons. The van der Waals surface area contributed by atoms with Crippen molar-refractivity contribution in [2.45, 2.75) is 6.04 Å². The molecule has 0 saturated heterocycles. The van der Waals surface area contributed by atoms with Crippen LogP contribution < -0.4 is 4.90 Å². The predicted octanol–water partition coefficient (Wildman–Crippen LogP) is 3.66. The normalized spacial score (nSPS) is 16.6. The zero-order valence-corrected chi connectivity index (χ0v) is 15.3. The van der Waals surface area contributed by atoms with Gasteiger partial charge in [0.15, 0.2) is 11.5 Å². The fourth-order valence-corrected chi connectivity index (χ4v) is 3.27. The largest absolute Gasteiger partial charge is 0.503 e. The van der Waals surface area contributed by atoms with Crippen LogP contribution in [0.2, 0.25) is 0 Å². The number of allylic oxidation sites excluding steroid dienone is 1. The van der Waals surface area contributed by atoms with E-state index in [0.29, 0.717) is 11.4 Å². The standard InChI is InChI=1S/C23H17N3O3/c27-18(12-11-16-7-2-1-3-8-16)20-21(17-9-6-13-24-15-17)26(23(29)22(20)28)19-10-4-5-14-25-19/h1-15,21,28H/b12-11+. The number of hydrogen-bond donors (Lipinski definition) is 1. The number of anilines is 1. The molecule has 1 aromatic carbocycles. The number of carbonyl (C=O) groups excluding carboxylic acids is 2. The van der Waals surface area contributed by atoms with Gasteiger partial charge in [-0.3, -0.25) is 19.5 Å². The Balaban J connectivity index is 1.77. The van der Waals surface area contributed by atoms with Gasteiger partial charge >= 0.3 is 0 Å². The lowest BCUT2D eigenvalue weighted by molar-refractivity contribution is -0.117. The molecule has 142 valence electrons. The molecule has 0 saturated carbocycles. The lowest BCUT2D eigenvalue weighted by Crippen LogP contribution is -2.31. The number of aromatic nitrogens is 2. The van der Waals surface area contributed by atoms with Crippen LogP contribution in [-0.4, -0.2) is 26.8 Å². The maximum absolute atomic E-state index is 13.0. The quantitative estimate of drug-likeness (QED) is 0.680. The molecule has 2 aromatic heterocycles. The molecule has 1 aliphatic heterocycles. The first-order valence-electron chi connectivity index (χ1n) is 9.02. The van der Waals surface area contributed by atoms with Gasteiger partial charge in [0.05, 0.1) is 11.6 Å². The van der Waals surface area contributed by atoms with E-state index in [1.165, 1.54) is 11.0 Å². The molecule has 0 aliphatic carbocycles. The highest BCUT2D eigenvalue weighted by Crippen LogP contribution is 2.40. The molecule has 1 unspecified atom stereocenters. The van der Waals surface area contributed by atoms with Gasteiger partial charge in [-0.2, -0.15) is 0 Å². The van der Waals surface area contributed by atoms with Gasteiger partial charge in [-0.25, -0.2) is 4.98 Å². The summed E-state index contributed by atoms with van der Waals surface area (Å²) in [6.45, 7) is 0. The van der Waals surface area contributed by atoms with Crippen LogP contribution >= 0.6 is 0 Å². The lowest BCUT2D eigenvalue weighted by atomic mass is 9.96. The number of hydrogen-bond acceptors (Lipinski definition) is 5. The summed E-state index contributed by atoms with van der Waals surface area (Å²) in [7, 11) is 0. The SMILES string of the molecule is O=C(/C=C/c1ccccc1)C1=C(O)C(=O)N(c2ccccn2)C1c1cccnc1. The molecule has 0 spiro atoms. The van der Waals surface area contributed by atoms with Crippen molar-refractivity contribution in [3.05, 3.63) is 108 Å². The Bertz CT molecular complexity index is 1090. The van der Waals surface area contributed by atoms with E-state index in [9.17, 15) is 14.7 Å². The van der Waals surface area contributed by atoms with Gasteiger partial charge in [-0.1, -0.05) is 48.5 Å². The minimum absolute atomic E-state index is 0.000772. The fraction of sp³-hybridized carbons (Fsp3) is 0.0435. The summed E-state index contributed by atoms with van der Waals surface area (Å²) >= 11 is 0. The van der Waals surface area contributed by atoms with Crippen LogP contribution in [0.4, 0.5) is 5.82 Å². The van der Waals surface area contributed by atoms with Crippen molar-refractivity contribution >= 4 is 23.6 Å². The number of pyridine rings is 2. The third kappa shape index (κ3) is 3.55. The number of amides is 1. The first-order chi connectivity index (χ1) is 14.2. The second kappa shape index (κ2) is 7.90. The summed E-state index contributed by atoms with van der Waals surface area (Å²) < 4.78 is 0. The first kappa shape index (κ1) is 18.3. The molecule has 4 rings (SSSR count). The number of rotatable bonds is 5. The number of ketones is 1. The van der Waals surface area contributed by atoms with E-state index in [4.69, 9.17) is 0 Å². The monoisotopic (exact) mass is 383 g/mol. The van der Waals surface area contributed by atoms with Crippen LogP contribution in [0.25, 0.3) is 6.08 Å². The number of aliphatic hydroxyl groups excluding tert-OH is 1. The highest BCUT2D eigenvalue weighted by atomic mass is 16.3. The maximum Gasteiger partial charge on any atom is 0.295 e. The van der Waals surface area contributed by atoms with E-state index >= 15 is 0 Å². The molecule has 29 heavy (non-hydrogen) atoms. The molecular formula is C23H17N3O3. The van der Waals surface area contributed by atoms with E-state index in [-0.39, 0.29) is 5.57 Å². The summed E-state index contributed by atoms with van der Waals surface area (Å²) in [6, 6.07) is 17.1. The molecule has 1 amide bonds. The third-order valence-electron chi connectivity index (χ3n) is 4.60. The first-order valence-corrected chi connectivity index (χ1v) is 9.02. The predicted molar refractivity (Wildman–Crippen MR) is 109 cm³/mol. The Morgan fingerprint density at radius 1 is 1.00 bits per heavy atom. The summed E-state index contributed by atoms with van der Waals surface area (Å²) in [5.41, 5.74) is 1.44. The van der Waals surface area contributed by atoms with Crippen molar-refractivity contribution < 1.29 is 14.7 Å². The zero-order valence-electron chi connectivity index (χ0n) is 15.3. The van der Waals surface area contributed by atoms with Gasteiger partial charge < -0.3 is 5.11 Å². The maximum atomic E-state index is 13.0. The minimum atomic E-state index is -0.820. The summed E-state index contributed by atoms with van der Waals surface area (Å²) in [4.78, 5) is 35.5. The van der Waals surface area contributed by atoms with E-state index in [1.54, 1.807) is 55.0 Å². The van der Waals surface area contributed by atoms with E-state index in [1.807, 2.05) is 30.3 Å². The van der Waals surface area contributed by atoms with Crippen LogP contribution in [0.15, 0.2) is 96.7 Å². The van der Waals surface area contributed by atoms with Gasteiger partial charge in [0, 0.05) is 18.6 Å². The summed E-state index contributed by atoms with van der Waals surface area (Å²) in [5, 5.41) is 10.6. The van der Waals surface area contributed by atoms with Crippen LogP contribution in [0, 0.1) is 0 Å². The zero-order chi connectivity index (χ0) is 20.2. The summed E-state index contributed by atoms with van der Waals surface area (Å²) in [5.74, 6) is -1.36. The molecule has 3 aromatic rings. The fourth-order valence-electron chi connectivity index (χ4n) is 3.27. The molecule has 0 fully saturated rings. The van der Waals surface area contributed by atoms with Gasteiger partial charge in [-0.15, -0.1) is 0 Å². The topological polar surface area (TPSA) is 83.4 Å². The third-order valence-corrected chi connectivity index (χ3v) is 4.60. The van der Waals surface area contributed by atoms with E-state index in [0.717, 1.165) is 5.56 Å². The van der Waals surface area contributed by atoms with Gasteiger partial charge in [0.2, 0.25) is 0 Å². The number of aliphatic hydroxyl groups is 1. The highest BCUT2D eigenvalue weighted by molar-refractivity contribution is 6.19. The van der Waals surface area contributed by atoms with Crippen molar-refractivity contribution in [2.24, 2.45) is 0 Å². The molecule has 1 atom stereocenters. The molecule has 1 aliphatic rings. The second-order valence-corrected chi connectivity index (χ2v) is 6.42. The van der Waals surface area contributed by atoms with E-state index < -0.39 is 23.5 Å². The average Bonchev–Trinajstić information content (AvgIpc) is 3.05. The molecule has 6 nitrogen and oxygen atoms in total. The highest BCUT2D eigenvalue weighted by Gasteiger charge is 2.44. The number of carbonyl (C=O) groups is 2. The van der Waals surface area contributed by atoms with Crippen molar-refractivity contribution in [2.75, 3.05) is 4.90 Å². The Kier molecular flexibility index (Phi) is 4.99. The molecule has 0 bridgehead atoms. The second-order valence-electron chi connectivity index (χ2n) is 6.42. The van der Waals surface area contributed by atoms with Crippen LogP contribution in [-0.2, 0) is 9.59 Å². The Hall–Kier alpha value is -4.06. The smallest absolute Gasteiger partial charge is 0.295 e. The number of nitrogens with zero attached hydrogens (tertiary/aromatic N) is 3. The molecule has 6 heteroatoms. The number of benzene rings is 1. The van der Waals surface area contributed by atoms with E-state index in [2.05, 4.69) is 9.97 Å². The van der Waals surface area contributed by atoms with Crippen LogP contribution in [0.5, 0.6) is 0 Å². The summed E-state index contributed by atoms with van der Waals surface area (Å²) in [6.07, 6.45) is 7.73. The van der Waals surface area contributed by atoms with Crippen molar-refractivity contribution in [1.29, 1.82) is 0 Å². The molecule has 3 heterocycles. The van der Waals surface area contributed by atoms with Crippen molar-refractivity contribution in [3.8, 4) is 0 Å².